The second-order valence-corrected chi connectivity index (χ2v) is 4.94. The van der Waals surface area contributed by atoms with Crippen LogP contribution in [0.1, 0.15) is 25.8 Å². The van der Waals surface area contributed by atoms with Gasteiger partial charge < -0.3 is 14.8 Å². The highest BCUT2D eigenvalue weighted by atomic mass is 19.1. The van der Waals surface area contributed by atoms with Crippen molar-refractivity contribution in [2.24, 2.45) is 5.92 Å². The van der Waals surface area contributed by atoms with Crippen LogP contribution in [0, 0.1) is 11.7 Å². The van der Waals surface area contributed by atoms with E-state index in [4.69, 9.17) is 9.47 Å². The van der Waals surface area contributed by atoms with E-state index < -0.39 is 0 Å². The van der Waals surface area contributed by atoms with Crippen molar-refractivity contribution in [1.29, 1.82) is 0 Å². The quantitative estimate of drug-likeness (QED) is 0.699. The zero-order valence-electron chi connectivity index (χ0n) is 12.0. The SMILES string of the molecule is CNCc1ccc(OCCOCCC(C)C)c(F)c1. The maximum Gasteiger partial charge on any atom is 0.165 e. The third-order valence-corrected chi connectivity index (χ3v) is 2.70. The van der Waals surface area contributed by atoms with Crippen LogP contribution in [0.25, 0.3) is 0 Å². The summed E-state index contributed by atoms with van der Waals surface area (Å²) < 4.78 is 24.4. The summed E-state index contributed by atoms with van der Waals surface area (Å²) in [5, 5.41) is 2.98. The van der Waals surface area contributed by atoms with E-state index in [-0.39, 0.29) is 11.6 Å². The average Bonchev–Trinajstić information content (AvgIpc) is 2.36. The largest absolute Gasteiger partial charge is 0.488 e. The summed E-state index contributed by atoms with van der Waals surface area (Å²) in [5.74, 6) is 0.598. The molecule has 1 rings (SSSR count). The van der Waals surface area contributed by atoms with Crippen molar-refractivity contribution in [3.63, 3.8) is 0 Å². The van der Waals surface area contributed by atoms with Gasteiger partial charge in [-0.2, -0.15) is 0 Å². The molecule has 4 heteroatoms. The van der Waals surface area contributed by atoms with Crippen molar-refractivity contribution in [3.05, 3.63) is 29.6 Å². The fourth-order valence-corrected chi connectivity index (χ4v) is 1.61. The number of hydrogen-bond acceptors (Lipinski definition) is 3. The Kier molecular flexibility index (Phi) is 7.45. The van der Waals surface area contributed by atoms with Crippen LogP contribution in [-0.2, 0) is 11.3 Å². The van der Waals surface area contributed by atoms with Gasteiger partial charge in [-0.25, -0.2) is 4.39 Å². The van der Waals surface area contributed by atoms with Crippen LogP contribution in [0.3, 0.4) is 0 Å². The maximum absolute atomic E-state index is 13.7. The van der Waals surface area contributed by atoms with Crippen molar-refractivity contribution in [2.75, 3.05) is 26.9 Å². The molecule has 0 heterocycles. The van der Waals surface area contributed by atoms with Crippen LogP contribution in [0.2, 0.25) is 0 Å². The molecule has 0 fully saturated rings. The first-order chi connectivity index (χ1) is 9.13. The van der Waals surface area contributed by atoms with Crippen LogP contribution >= 0.6 is 0 Å². The predicted octanol–water partition coefficient (Wildman–Crippen LogP) is 2.99. The lowest BCUT2D eigenvalue weighted by atomic mass is 10.1. The second kappa shape index (κ2) is 8.88. The Morgan fingerprint density at radius 1 is 1.21 bits per heavy atom. The van der Waals surface area contributed by atoms with Crippen LogP contribution in [0.15, 0.2) is 18.2 Å². The molecule has 0 saturated carbocycles. The highest BCUT2D eigenvalue weighted by Crippen LogP contribution is 2.18. The van der Waals surface area contributed by atoms with E-state index >= 15 is 0 Å². The average molecular weight is 269 g/mol. The molecule has 0 amide bonds. The number of benzene rings is 1. The molecule has 108 valence electrons. The van der Waals surface area contributed by atoms with Gasteiger partial charge in [-0.15, -0.1) is 0 Å². The molecule has 0 unspecified atom stereocenters. The van der Waals surface area contributed by atoms with Crippen molar-refractivity contribution in [1.82, 2.24) is 5.32 Å². The Morgan fingerprint density at radius 2 is 2.00 bits per heavy atom. The van der Waals surface area contributed by atoms with E-state index in [9.17, 15) is 4.39 Å². The van der Waals surface area contributed by atoms with E-state index in [1.165, 1.54) is 6.07 Å². The first kappa shape index (κ1) is 15.9. The summed E-state index contributed by atoms with van der Waals surface area (Å²) in [7, 11) is 1.83. The molecule has 1 aromatic rings. The molecule has 1 aromatic carbocycles. The summed E-state index contributed by atoms with van der Waals surface area (Å²) in [5.41, 5.74) is 0.903. The van der Waals surface area contributed by atoms with Gasteiger partial charge in [-0.05, 0) is 37.1 Å². The number of hydrogen-bond donors (Lipinski definition) is 1. The van der Waals surface area contributed by atoms with Crippen molar-refractivity contribution >= 4 is 0 Å². The summed E-state index contributed by atoms with van der Waals surface area (Å²) in [6.45, 7) is 6.55. The summed E-state index contributed by atoms with van der Waals surface area (Å²) in [6, 6.07) is 5.01. The maximum atomic E-state index is 13.7. The highest BCUT2D eigenvalue weighted by Gasteiger charge is 2.04. The standard InChI is InChI=1S/C15H24FNO2/c1-12(2)6-7-18-8-9-19-15-5-4-13(11-17-3)10-14(15)16/h4-5,10,12,17H,6-9,11H2,1-3H3. The molecule has 0 saturated heterocycles. The smallest absolute Gasteiger partial charge is 0.165 e. The van der Waals surface area contributed by atoms with Crippen LogP contribution in [0.4, 0.5) is 4.39 Å². The predicted molar refractivity (Wildman–Crippen MR) is 74.9 cm³/mol. The lowest BCUT2D eigenvalue weighted by Gasteiger charge is -2.10. The van der Waals surface area contributed by atoms with Gasteiger partial charge >= 0.3 is 0 Å². The minimum absolute atomic E-state index is 0.285. The Bertz CT molecular complexity index is 369. The molecule has 0 aromatic heterocycles. The Labute approximate surface area is 115 Å². The second-order valence-electron chi connectivity index (χ2n) is 4.94. The molecule has 19 heavy (non-hydrogen) atoms. The van der Waals surface area contributed by atoms with Crippen molar-refractivity contribution in [3.8, 4) is 5.75 Å². The lowest BCUT2D eigenvalue weighted by molar-refractivity contribution is 0.0913. The Morgan fingerprint density at radius 3 is 2.63 bits per heavy atom. The molecule has 0 bridgehead atoms. The highest BCUT2D eigenvalue weighted by molar-refractivity contribution is 5.29. The number of nitrogens with one attached hydrogen (secondary N) is 1. The van der Waals surface area contributed by atoms with E-state index in [1.54, 1.807) is 6.07 Å². The van der Waals surface area contributed by atoms with Gasteiger partial charge in [0, 0.05) is 13.2 Å². The molecule has 1 N–H and O–H groups in total. The molecule has 0 radical (unpaired) electrons. The molecule has 0 aliphatic rings. The van der Waals surface area contributed by atoms with Gasteiger partial charge in [0.15, 0.2) is 11.6 Å². The Hall–Kier alpha value is -1.13. The third kappa shape index (κ3) is 6.55. The molecule has 0 spiro atoms. The summed E-state index contributed by atoms with van der Waals surface area (Å²) >= 11 is 0. The van der Waals surface area contributed by atoms with Crippen LogP contribution in [0.5, 0.6) is 5.75 Å². The number of ether oxygens (including phenoxy) is 2. The number of halogens is 1. The molecule has 0 aliphatic carbocycles. The van der Waals surface area contributed by atoms with Gasteiger partial charge in [0.25, 0.3) is 0 Å². The molecular weight excluding hydrogens is 245 g/mol. The summed E-state index contributed by atoms with van der Waals surface area (Å²) in [4.78, 5) is 0. The van der Waals surface area contributed by atoms with E-state index in [1.807, 2.05) is 13.1 Å². The molecular formula is C15H24FNO2. The van der Waals surface area contributed by atoms with E-state index in [0.717, 1.165) is 18.6 Å². The van der Waals surface area contributed by atoms with Crippen LogP contribution in [-0.4, -0.2) is 26.9 Å². The Balaban J connectivity index is 2.25. The third-order valence-electron chi connectivity index (χ3n) is 2.70. The first-order valence-corrected chi connectivity index (χ1v) is 6.77. The minimum Gasteiger partial charge on any atom is -0.488 e. The van der Waals surface area contributed by atoms with Gasteiger partial charge in [0.05, 0.1) is 6.61 Å². The molecule has 0 aliphatic heterocycles. The fraction of sp³-hybridized carbons (Fsp3) is 0.600. The van der Waals surface area contributed by atoms with Gasteiger partial charge in [0.2, 0.25) is 0 Å². The monoisotopic (exact) mass is 269 g/mol. The fourth-order valence-electron chi connectivity index (χ4n) is 1.61. The normalized spacial score (nSPS) is 11.0. The summed E-state index contributed by atoms with van der Waals surface area (Å²) in [6.07, 6.45) is 1.03. The van der Waals surface area contributed by atoms with Gasteiger partial charge in [-0.3, -0.25) is 0 Å². The van der Waals surface area contributed by atoms with Gasteiger partial charge in [-0.1, -0.05) is 19.9 Å². The van der Waals surface area contributed by atoms with Crippen LogP contribution < -0.4 is 10.1 Å². The first-order valence-electron chi connectivity index (χ1n) is 6.77. The molecule has 0 atom stereocenters. The minimum atomic E-state index is -0.324. The van der Waals surface area contributed by atoms with Crippen molar-refractivity contribution in [2.45, 2.75) is 26.8 Å². The zero-order valence-corrected chi connectivity index (χ0v) is 12.0. The molecule has 3 nitrogen and oxygen atoms in total. The number of rotatable bonds is 9. The van der Waals surface area contributed by atoms with Crippen molar-refractivity contribution < 1.29 is 13.9 Å². The zero-order chi connectivity index (χ0) is 14.1. The van der Waals surface area contributed by atoms with E-state index in [0.29, 0.717) is 25.7 Å². The lowest BCUT2D eigenvalue weighted by Crippen LogP contribution is -2.10. The topological polar surface area (TPSA) is 30.5 Å². The van der Waals surface area contributed by atoms with E-state index in [2.05, 4.69) is 19.2 Å². The van der Waals surface area contributed by atoms with Gasteiger partial charge in [0.1, 0.15) is 6.61 Å².